The van der Waals surface area contributed by atoms with Gasteiger partial charge in [0.15, 0.2) is 5.82 Å². The number of ether oxygens (including phenoxy) is 1. The highest BCUT2D eigenvalue weighted by Crippen LogP contribution is 2.36. The van der Waals surface area contributed by atoms with Crippen molar-refractivity contribution in [2.24, 2.45) is 10.7 Å². The van der Waals surface area contributed by atoms with Crippen molar-refractivity contribution in [1.29, 1.82) is 0 Å². The van der Waals surface area contributed by atoms with Crippen molar-refractivity contribution < 1.29 is 9.84 Å². The normalized spacial score (nSPS) is 14.3. The molecule has 0 aliphatic carbocycles. The second-order valence-electron chi connectivity index (χ2n) is 9.31. The van der Waals surface area contributed by atoms with Gasteiger partial charge in [0.25, 0.3) is 0 Å². The van der Waals surface area contributed by atoms with E-state index >= 15 is 0 Å². The summed E-state index contributed by atoms with van der Waals surface area (Å²) in [5.74, 6) is 2.48. The van der Waals surface area contributed by atoms with Gasteiger partial charge < -0.3 is 24.7 Å². The van der Waals surface area contributed by atoms with Crippen LogP contribution < -0.4 is 10.5 Å². The SMILES string of the molecule is Cc1cn(C(C)C)c(-c2cn3c(n2)-c2ccc(C(C=NCC(C)(C)O)=CN)cc2OCC3)n1. The molecular formula is C25H32N6O2. The first kappa shape index (κ1) is 22.8. The predicted molar refractivity (Wildman–Crippen MR) is 131 cm³/mol. The molecule has 3 aromatic rings. The van der Waals surface area contributed by atoms with Gasteiger partial charge in [-0.1, -0.05) is 6.07 Å². The number of fused-ring (bicyclic) bond motifs is 3. The van der Waals surface area contributed by atoms with Crippen LogP contribution in [-0.2, 0) is 6.54 Å². The molecular weight excluding hydrogens is 416 g/mol. The largest absolute Gasteiger partial charge is 0.491 e. The van der Waals surface area contributed by atoms with Crippen molar-refractivity contribution in [1.82, 2.24) is 19.1 Å². The van der Waals surface area contributed by atoms with Gasteiger partial charge in [-0.05, 0) is 52.3 Å². The molecule has 1 aliphatic rings. The van der Waals surface area contributed by atoms with Crippen LogP contribution in [0.15, 0.2) is 41.8 Å². The van der Waals surface area contributed by atoms with Gasteiger partial charge in [-0.3, -0.25) is 4.99 Å². The minimum atomic E-state index is -0.870. The van der Waals surface area contributed by atoms with Crippen molar-refractivity contribution in [2.75, 3.05) is 13.2 Å². The lowest BCUT2D eigenvalue weighted by atomic mass is 10.0. The fraction of sp³-hybridized carbons (Fsp3) is 0.400. The van der Waals surface area contributed by atoms with Crippen molar-refractivity contribution in [2.45, 2.75) is 52.8 Å². The van der Waals surface area contributed by atoms with Crippen LogP contribution in [0.5, 0.6) is 5.75 Å². The molecule has 0 atom stereocenters. The maximum absolute atomic E-state index is 9.89. The highest BCUT2D eigenvalue weighted by atomic mass is 16.5. The molecule has 174 valence electrons. The zero-order valence-electron chi connectivity index (χ0n) is 19.9. The topological polar surface area (TPSA) is 103 Å². The van der Waals surface area contributed by atoms with E-state index in [1.807, 2.05) is 25.1 Å². The highest BCUT2D eigenvalue weighted by molar-refractivity contribution is 6.10. The molecule has 33 heavy (non-hydrogen) atoms. The number of hydrogen-bond acceptors (Lipinski definition) is 6. The molecule has 1 aromatic carbocycles. The Bertz CT molecular complexity index is 1210. The Hall–Kier alpha value is -3.39. The average Bonchev–Trinajstić information content (AvgIpc) is 3.30. The van der Waals surface area contributed by atoms with E-state index in [2.05, 4.69) is 40.4 Å². The first-order chi connectivity index (χ1) is 15.7. The van der Waals surface area contributed by atoms with Crippen LogP contribution >= 0.6 is 0 Å². The fourth-order valence-electron chi connectivity index (χ4n) is 3.85. The lowest BCUT2D eigenvalue weighted by molar-refractivity contribution is 0.0906. The Morgan fingerprint density at radius 1 is 1.27 bits per heavy atom. The standard InChI is InChI=1S/C25H32N6O2/c1-16(2)31-13-17(3)28-24(31)21-14-30-8-9-33-22-10-18(6-7-20(22)23(30)29-21)19(11-26)12-27-15-25(4,5)32/h6-7,10-14,16,32H,8-9,15,26H2,1-5H3. The number of imidazole rings is 2. The van der Waals surface area contributed by atoms with Gasteiger partial charge in [-0.15, -0.1) is 0 Å². The van der Waals surface area contributed by atoms with Gasteiger partial charge in [0, 0.05) is 36.4 Å². The second kappa shape index (κ2) is 8.86. The molecule has 2 aromatic heterocycles. The third-order valence-corrected chi connectivity index (χ3v) is 5.45. The van der Waals surface area contributed by atoms with Gasteiger partial charge in [0.05, 0.1) is 29.9 Å². The van der Waals surface area contributed by atoms with Gasteiger partial charge in [0.1, 0.15) is 23.9 Å². The monoisotopic (exact) mass is 448 g/mol. The van der Waals surface area contributed by atoms with E-state index in [1.165, 1.54) is 6.20 Å². The number of nitrogens with two attached hydrogens (primary N) is 1. The summed E-state index contributed by atoms with van der Waals surface area (Å²) in [4.78, 5) is 14.0. The summed E-state index contributed by atoms with van der Waals surface area (Å²) in [6.45, 7) is 11.2. The minimum Gasteiger partial charge on any atom is -0.491 e. The number of allylic oxidation sites excluding steroid dienone is 1. The van der Waals surface area contributed by atoms with Crippen molar-refractivity contribution in [3.8, 4) is 28.7 Å². The van der Waals surface area contributed by atoms with E-state index in [-0.39, 0.29) is 6.54 Å². The molecule has 0 radical (unpaired) electrons. The van der Waals surface area contributed by atoms with E-state index in [4.69, 9.17) is 20.4 Å². The predicted octanol–water partition coefficient (Wildman–Crippen LogP) is 3.84. The number of aliphatic imine (C=N–C) groups is 1. The van der Waals surface area contributed by atoms with E-state index in [0.29, 0.717) is 19.2 Å². The van der Waals surface area contributed by atoms with E-state index in [9.17, 15) is 5.11 Å². The lowest BCUT2D eigenvalue weighted by Crippen LogP contribution is -2.22. The van der Waals surface area contributed by atoms with Crippen LogP contribution in [0, 0.1) is 6.92 Å². The van der Waals surface area contributed by atoms with Crippen molar-refractivity contribution in [3.63, 3.8) is 0 Å². The molecule has 8 nitrogen and oxygen atoms in total. The third-order valence-electron chi connectivity index (χ3n) is 5.45. The molecule has 3 N–H and O–H groups in total. The number of aromatic nitrogens is 4. The van der Waals surface area contributed by atoms with E-state index < -0.39 is 5.60 Å². The molecule has 0 bridgehead atoms. The summed E-state index contributed by atoms with van der Waals surface area (Å²) in [7, 11) is 0. The van der Waals surface area contributed by atoms with Gasteiger partial charge in [0.2, 0.25) is 0 Å². The summed E-state index contributed by atoms with van der Waals surface area (Å²) >= 11 is 0. The Morgan fingerprint density at radius 2 is 2.06 bits per heavy atom. The van der Waals surface area contributed by atoms with Crippen molar-refractivity contribution in [3.05, 3.63) is 48.1 Å². The molecule has 1 aliphatic heterocycles. The number of aryl methyl sites for hydroxylation is 1. The molecule has 8 heteroatoms. The number of benzene rings is 1. The Labute approximate surface area is 194 Å². The molecule has 0 fully saturated rings. The van der Waals surface area contributed by atoms with Crippen LogP contribution in [0.25, 0.3) is 28.5 Å². The quantitative estimate of drug-likeness (QED) is 0.558. The summed E-state index contributed by atoms with van der Waals surface area (Å²) in [6.07, 6.45) is 7.31. The Kier molecular flexibility index (Phi) is 6.12. The highest BCUT2D eigenvalue weighted by Gasteiger charge is 2.22. The first-order valence-corrected chi connectivity index (χ1v) is 11.2. The molecule has 0 saturated heterocycles. The third kappa shape index (κ3) is 4.85. The number of hydrogen-bond donors (Lipinski definition) is 2. The van der Waals surface area contributed by atoms with Gasteiger partial charge >= 0.3 is 0 Å². The molecule has 3 heterocycles. The van der Waals surface area contributed by atoms with Crippen LogP contribution in [0.2, 0.25) is 0 Å². The van der Waals surface area contributed by atoms with E-state index in [0.717, 1.165) is 45.5 Å². The number of aliphatic hydroxyl groups is 1. The van der Waals surface area contributed by atoms with Crippen LogP contribution in [0.3, 0.4) is 0 Å². The zero-order chi connectivity index (χ0) is 23.8. The smallest absolute Gasteiger partial charge is 0.160 e. The second-order valence-corrected chi connectivity index (χ2v) is 9.31. The summed E-state index contributed by atoms with van der Waals surface area (Å²) in [5, 5.41) is 9.89. The maximum Gasteiger partial charge on any atom is 0.160 e. The zero-order valence-corrected chi connectivity index (χ0v) is 19.9. The maximum atomic E-state index is 9.89. The van der Waals surface area contributed by atoms with Crippen LogP contribution in [0.4, 0.5) is 0 Å². The fourth-order valence-corrected chi connectivity index (χ4v) is 3.85. The molecule has 4 rings (SSSR count). The van der Waals surface area contributed by atoms with Crippen LogP contribution in [0.1, 0.15) is 45.0 Å². The Morgan fingerprint density at radius 3 is 2.76 bits per heavy atom. The van der Waals surface area contributed by atoms with Crippen molar-refractivity contribution >= 4 is 11.8 Å². The van der Waals surface area contributed by atoms with Gasteiger partial charge in [-0.2, -0.15) is 0 Å². The number of nitrogens with zero attached hydrogens (tertiary/aromatic N) is 5. The number of rotatable bonds is 6. The summed E-state index contributed by atoms with van der Waals surface area (Å²) < 4.78 is 10.3. The average molecular weight is 449 g/mol. The lowest BCUT2D eigenvalue weighted by Gasteiger charge is -2.13. The van der Waals surface area contributed by atoms with Gasteiger partial charge in [-0.25, -0.2) is 9.97 Å². The molecule has 0 unspecified atom stereocenters. The van der Waals surface area contributed by atoms with Crippen LogP contribution in [-0.4, -0.2) is 49.2 Å². The Balaban J connectivity index is 1.70. The minimum absolute atomic E-state index is 0.289. The summed E-state index contributed by atoms with van der Waals surface area (Å²) in [6, 6.07) is 6.25. The molecule has 0 saturated carbocycles. The summed E-state index contributed by atoms with van der Waals surface area (Å²) in [5.41, 5.74) is 9.39. The molecule has 0 amide bonds. The van der Waals surface area contributed by atoms with E-state index in [1.54, 1.807) is 20.1 Å². The first-order valence-electron chi connectivity index (χ1n) is 11.2. The molecule has 0 spiro atoms.